The molecule has 0 aliphatic heterocycles. The molecule has 0 amide bonds. The van der Waals surface area contributed by atoms with E-state index in [0.717, 1.165) is 65.2 Å². The predicted octanol–water partition coefficient (Wildman–Crippen LogP) is 7.48. The van der Waals surface area contributed by atoms with Crippen molar-refractivity contribution in [2.45, 2.75) is 58.5 Å². The largest absolute Gasteiger partial charge is 0.497 e. The number of carboxylic acids is 1. The van der Waals surface area contributed by atoms with Gasteiger partial charge in [0.15, 0.2) is 0 Å². The van der Waals surface area contributed by atoms with Gasteiger partial charge in [0.1, 0.15) is 23.9 Å². The molecule has 35 heavy (non-hydrogen) atoms. The lowest BCUT2D eigenvalue weighted by Gasteiger charge is -2.17. The standard InChI is InChI=1S/C30H36O5/c1-4-6-16-34-29-17-22(14-15-28(29)25-11-8-12-26(19-25)33-3)21-35-27-13-7-10-24(18-27)23(9-5-2)20-30(31)32/h7-8,10-15,17-19,23H,4-6,9,16,20-21H2,1-3H3,(H,31,32)/t23-/m1/s1. The second-order valence-corrected chi connectivity index (χ2v) is 8.71. The van der Waals surface area contributed by atoms with Gasteiger partial charge >= 0.3 is 5.97 Å². The third-order valence-corrected chi connectivity index (χ3v) is 5.98. The van der Waals surface area contributed by atoms with Gasteiger partial charge in [-0.15, -0.1) is 0 Å². The number of benzene rings is 3. The zero-order valence-electron chi connectivity index (χ0n) is 21.0. The van der Waals surface area contributed by atoms with Gasteiger partial charge in [-0.3, -0.25) is 4.79 Å². The van der Waals surface area contributed by atoms with E-state index in [1.807, 2.05) is 48.5 Å². The first-order valence-corrected chi connectivity index (χ1v) is 12.4. The van der Waals surface area contributed by atoms with E-state index >= 15 is 0 Å². The summed E-state index contributed by atoms with van der Waals surface area (Å²) < 4.78 is 17.7. The van der Waals surface area contributed by atoms with Crippen molar-refractivity contribution in [2.24, 2.45) is 0 Å². The first-order chi connectivity index (χ1) is 17.0. The van der Waals surface area contributed by atoms with Crippen LogP contribution in [0.15, 0.2) is 66.7 Å². The Hall–Kier alpha value is -3.47. The molecule has 0 aliphatic carbocycles. The average Bonchev–Trinajstić information content (AvgIpc) is 2.87. The Labute approximate surface area is 208 Å². The Balaban J connectivity index is 1.79. The normalized spacial score (nSPS) is 11.6. The van der Waals surface area contributed by atoms with Gasteiger partial charge in [-0.1, -0.05) is 63.1 Å². The molecule has 0 fully saturated rings. The quantitative estimate of drug-likeness (QED) is 0.244. The van der Waals surface area contributed by atoms with E-state index < -0.39 is 5.97 Å². The van der Waals surface area contributed by atoms with E-state index in [-0.39, 0.29) is 12.3 Å². The molecule has 3 aromatic carbocycles. The molecule has 3 rings (SSSR count). The molecule has 3 aromatic rings. The Morgan fingerprint density at radius 3 is 2.46 bits per heavy atom. The zero-order valence-corrected chi connectivity index (χ0v) is 21.0. The van der Waals surface area contributed by atoms with Crippen molar-refractivity contribution >= 4 is 5.97 Å². The molecule has 1 N–H and O–H groups in total. The Morgan fingerprint density at radius 2 is 1.71 bits per heavy atom. The summed E-state index contributed by atoms with van der Waals surface area (Å²) in [6.07, 6.45) is 3.94. The fraction of sp³-hybridized carbons (Fsp3) is 0.367. The lowest BCUT2D eigenvalue weighted by Crippen LogP contribution is -2.06. The van der Waals surface area contributed by atoms with Crippen LogP contribution in [0.1, 0.15) is 63.0 Å². The second kappa shape index (κ2) is 13.4. The molecular weight excluding hydrogens is 440 g/mol. The maximum absolute atomic E-state index is 11.3. The van der Waals surface area contributed by atoms with Crippen LogP contribution in [0.25, 0.3) is 11.1 Å². The van der Waals surface area contributed by atoms with Gasteiger partial charge in [0, 0.05) is 5.56 Å². The molecule has 0 bridgehead atoms. The summed E-state index contributed by atoms with van der Waals surface area (Å²) in [6, 6.07) is 21.9. The first kappa shape index (κ1) is 26.1. The van der Waals surface area contributed by atoms with Crippen LogP contribution in [-0.2, 0) is 11.4 Å². The number of aliphatic carboxylic acids is 1. The molecule has 0 radical (unpaired) electrons. The maximum atomic E-state index is 11.3. The number of carbonyl (C=O) groups is 1. The molecule has 0 aliphatic rings. The molecule has 0 saturated heterocycles. The third-order valence-electron chi connectivity index (χ3n) is 5.98. The van der Waals surface area contributed by atoms with Crippen molar-refractivity contribution in [1.29, 1.82) is 0 Å². The molecule has 0 saturated carbocycles. The van der Waals surface area contributed by atoms with Crippen LogP contribution in [0.4, 0.5) is 0 Å². The summed E-state index contributed by atoms with van der Waals surface area (Å²) in [5, 5.41) is 9.28. The van der Waals surface area contributed by atoms with E-state index in [0.29, 0.717) is 13.2 Å². The smallest absolute Gasteiger partial charge is 0.303 e. The number of ether oxygens (including phenoxy) is 3. The van der Waals surface area contributed by atoms with Gasteiger partial charge < -0.3 is 19.3 Å². The van der Waals surface area contributed by atoms with Crippen LogP contribution < -0.4 is 14.2 Å². The van der Waals surface area contributed by atoms with Gasteiger partial charge in [-0.25, -0.2) is 0 Å². The van der Waals surface area contributed by atoms with Crippen LogP contribution in [-0.4, -0.2) is 24.8 Å². The molecule has 0 unspecified atom stereocenters. The van der Waals surface area contributed by atoms with E-state index in [9.17, 15) is 9.90 Å². The highest BCUT2D eigenvalue weighted by Crippen LogP contribution is 2.34. The highest BCUT2D eigenvalue weighted by Gasteiger charge is 2.16. The van der Waals surface area contributed by atoms with Gasteiger partial charge in [-0.2, -0.15) is 0 Å². The topological polar surface area (TPSA) is 65.0 Å². The highest BCUT2D eigenvalue weighted by atomic mass is 16.5. The van der Waals surface area contributed by atoms with Crippen molar-refractivity contribution < 1.29 is 24.1 Å². The van der Waals surface area contributed by atoms with E-state index in [1.54, 1.807) is 7.11 Å². The van der Waals surface area contributed by atoms with Crippen molar-refractivity contribution in [3.8, 4) is 28.4 Å². The fourth-order valence-corrected chi connectivity index (χ4v) is 4.10. The molecule has 0 spiro atoms. The highest BCUT2D eigenvalue weighted by molar-refractivity contribution is 5.72. The minimum absolute atomic E-state index is 0.0123. The SMILES string of the molecule is CCCCOc1cc(COc2cccc([C@H](CCC)CC(=O)O)c2)ccc1-c1cccc(OC)c1. The summed E-state index contributed by atoms with van der Waals surface area (Å²) in [5.74, 6) is 1.58. The van der Waals surface area contributed by atoms with Gasteiger partial charge in [0.25, 0.3) is 0 Å². The van der Waals surface area contributed by atoms with Crippen molar-refractivity contribution in [2.75, 3.05) is 13.7 Å². The van der Waals surface area contributed by atoms with Crippen LogP contribution in [0.2, 0.25) is 0 Å². The zero-order chi connectivity index (χ0) is 25.0. The van der Waals surface area contributed by atoms with E-state index in [4.69, 9.17) is 14.2 Å². The second-order valence-electron chi connectivity index (χ2n) is 8.71. The van der Waals surface area contributed by atoms with Crippen molar-refractivity contribution in [3.63, 3.8) is 0 Å². The molecule has 1 atom stereocenters. The molecule has 5 heteroatoms. The summed E-state index contributed by atoms with van der Waals surface area (Å²) in [5.41, 5.74) is 4.06. The third kappa shape index (κ3) is 7.78. The fourth-order valence-electron chi connectivity index (χ4n) is 4.10. The number of unbranched alkanes of at least 4 members (excludes halogenated alkanes) is 1. The lowest BCUT2D eigenvalue weighted by atomic mass is 9.91. The van der Waals surface area contributed by atoms with E-state index in [1.165, 1.54) is 0 Å². The monoisotopic (exact) mass is 476 g/mol. The predicted molar refractivity (Wildman–Crippen MR) is 140 cm³/mol. The van der Waals surface area contributed by atoms with Crippen LogP contribution in [0, 0.1) is 0 Å². The number of rotatable bonds is 14. The number of carboxylic acid groups (broad SMARTS) is 1. The molecule has 0 heterocycles. The summed E-state index contributed by atoms with van der Waals surface area (Å²) in [6.45, 7) is 5.27. The van der Waals surface area contributed by atoms with Gasteiger partial charge in [-0.05, 0) is 65.8 Å². The Kier molecular flexibility index (Phi) is 10.0. The molecular formula is C30H36O5. The van der Waals surface area contributed by atoms with Crippen LogP contribution in [0.5, 0.6) is 17.2 Å². The summed E-state index contributed by atoms with van der Waals surface area (Å²) in [4.78, 5) is 11.3. The maximum Gasteiger partial charge on any atom is 0.303 e. The lowest BCUT2D eigenvalue weighted by molar-refractivity contribution is -0.137. The Bertz CT molecular complexity index is 1090. The summed E-state index contributed by atoms with van der Waals surface area (Å²) >= 11 is 0. The summed E-state index contributed by atoms with van der Waals surface area (Å²) in [7, 11) is 1.67. The molecule has 186 valence electrons. The van der Waals surface area contributed by atoms with Gasteiger partial charge in [0.2, 0.25) is 0 Å². The van der Waals surface area contributed by atoms with E-state index in [2.05, 4.69) is 32.0 Å². The van der Waals surface area contributed by atoms with Crippen molar-refractivity contribution in [1.82, 2.24) is 0 Å². The first-order valence-electron chi connectivity index (χ1n) is 12.4. The average molecular weight is 477 g/mol. The van der Waals surface area contributed by atoms with Gasteiger partial charge in [0.05, 0.1) is 20.1 Å². The number of hydrogen-bond donors (Lipinski definition) is 1. The Morgan fingerprint density at radius 1 is 0.914 bits per heavy atom. The minimum atomic E-state index is -0.776. The minimum Gasteiger partial charge on any atom is -0.497 e. The molecule has 5 nitrogen and oxygen atoms in total. The van der Waals surface area contributed by atoms with Crippen LogP contribution in [0.3, 0.4) is 0 Å². The van der Waals surface area contributed by atoms with Crippen molar-refractivity contribution in [3.05, 3.63) is 77.9 Å². The molecule has 0 aromatic heterocycles. The number of methoxy groups -OCH3 is 1. The number of hydrogen-bond acceptors (Lipinski definition) is 4. The van der Waals surface area contributed by atoms with Crippen LogP contribution >= 0.6 is 0 Å².